The summed E-state index contributed by atoms with van der Waals surface area (Å²) in [6.07, 6.45) is 8.33. The summed E-state index contributed by atoms with van der Waals surface area (Å²) in [5, 5.41) is 3.25. The molecule has 0 heterocycles. The summed E-state index contributed by atoms with van der Waals surface area (Å²) < 4.78 is 0. The Morgan fingerprint density at radius 1 is 1.20 bits per heavy atom. The quantitative estimate of drug-likeness (QED) is 0.544. The number of nitrogens with two attached hydrogens (primary N) is 1. The van der Waals surface area contributed by atoms with Crippen molar-refractivity contribution in [2.24, 2.45) is 28.5 Å². The van der Waals surface area contributed by atoms with Gasteiger partial charge in [0, 0.05) is 12.6 Å². The molecular formula is C12H21N3. The molecule has 3 aliphatic carbocycles. The van der Waals surface area contributed by atoms with Gasteiger partial charge in [0.05, 0.1) is 0 Å². The topological polar surface area (TPSA) is 50.4 Å². The molecule has 0 aromatic heterocycles. The van der Waals surface area contributed by atoms with Gasteiger partial charge >= 0.3 is 0 Å². The van der Waals surface area contributed by atoms with E-state index in [1.807, 2.05) is 0 Å². The zero-order valence-electron chi connectivity index (χ0n) is 9.28. The zero-order chi connectivity index (χ0) is 10.3. The molecule has 3 nitrogen and oxygen atoms in total. The molecule has 2 bridgehead atoms. The number of hydrogen-bond acceptors (Lipinski definition) is 1. The van der Waals surface area contributed by atoms with E-state index >= 15 is 0 Å². The third kappa shape index (κ3) is 2.11. The lowest BCUT2D eigenvalue weighted by molar-refractivity contribution is 0.341. The van der Waals surface area contributed by atoms with Crippen LogP contribution in [0.5, 0.6) is 0 Å². The zero-order valence-corrected chi connectivity index (χ0v) is 9.28. The van der Waals surface area contributed by atoms with Crippen LogP contribution in [0.25, 0.3) is 0 Å². The van der Waals surface area contributed by atoms with E-state index < -0.39 is 0 Å². The van der Waals surface area contributed by atoms with Gasteiger partial charge in [0.25, 0.3) is 0 Å². The SMILES string of the molecule is NC(=NCC1CC2CCC1C2)NC1CC1. The van der Waals surface area contributed by atoms with Gasteiger partial charge in [-0.25, -0.2) is 0 Å². The molecule has 0 aromatic carbocycles. The maximum Gasteiger partial charge on any atom is 0.188 e. The van der Waals surface area contributed by atoms with E-state index in [0.29, 0.717) is 12.0 Å². The third-order valence-corrected chi connectivity index (χ3v) is 4.31. The first-order chi connectivity index (χ1) is 7.31. The molecule has 3 saturated carbocycles. The Morgan fingerprint density at radius 3 is 2.67 bits per heavy atom. The van der Waals surface area contributed by atoms with E-state index in [9.17, 15) is 0 Å². The molecule has 0 radical (unpaired) electrons. The van der Waals surface area contributed by atoms with Gasteiger partial charge in [0.2, 0.25) is 0 Å². The highest BCUT2D eigenvalue weighted by Gasteiger charge is 2.39. The Labute approximate surface area is 91.5 Å². The number of nitrogens with zero attached hydrogens (tertiary/aromatic N) is 1. The largest absolute Gasteiger partial charge is 0.370 e. The molecule has 3 heteroatoms. The fraction of sp³-hybridized carbons (Fsp3) is 0.917. The van der Waals surface area contributed by atoms with E-state index in [2.05, 4.69) is 10.3 Å². The predicted molar refractivity (Wildman–Crippen MR) is 61.6 cm³/mol. The average Bonchev–Trinajstić information content (AvgIpc) is 2.80. The Kier molecular flexibility index (Phi) is 2.33. The summed E-state index contributed by atoms with van der Waals surface area (Å²) in [4.78, 5) is 4.49. The van der Waals surface area contributed by atoms with Crippen LogP contribution in [0.3, 0.4) is 0 Å². The summed E-state index contributed by atoms with van der Waals surface area (Å²) in [6, 6.07) is 0.633. The normalized spacial score (nSPS) is 39.7. The molecule has 0 aliphatic heterocycles. The first-order valence-corrected chi connectivity index (χ1v) is 6.37. The van der Waals surface area contributed by atoms with E-state index in [4.69, 9.17) is 5.73 Å². The smallest absolute Gasteiger partial charge is 0.188 e. The van der Waals surface area contributed by atoms with Crippen molar-refractivity contribution in [3.8, 4) is 0 Å². The number of fused-ring (bicyclic) bond motifs is 2. The van der Waals surface area contributed by atoms with Gasteiger partial charge < -0.3 is 11.1 Å². The van der Waals surface area contributed by atoms with Gasteiger partial charge in [0.1, 0.15) is 0 Å². The van der Waals surface area contributed by atoms with Gasteiger partial charge in [-0.2, -0.15) is 0 Å². The maximum absolute atomic E-state index is 5.83. The number of guanidine groups is 1. The number of hydrogen-bond donors (Lipinski definition) is 2. The monoisotopic (exact) mass is 207 g/mol. The first-order valence-electron chi connectivity index (χ1n) is 6.37. The molecule has 0 aromatic rings. The van der Waals surface area contributed by atoms with Crippen LogP contribution in [0.4, 0.5) is 0 Å². The highest BCUT2D eigenvalue weighted by atomic mass is 15.1. The van der Waals surface area contributed by atoms with Crippen LogP contribution in [0, 0.1) is 17.8 Å². The van der Waals surface area contributed by atoms with Crippen molar-refractivity contribution < 1.29 is 0 Å². The van der Waals surface area contributed by atoms with Crippen molar-refractivity contribution in [1.29, 1.82) is 0 Å². The van der Waals surface area contributed by atoms with Crippen LogP contribution in [0.2, 0.25) is 0 Å². The number of nitrogens with one attached hydrogen (secondary N) is 1. The second kappa shape index (κ2) is 3.69. The molecule has 3 atom stereocenters. The van der Waals surface area contributed by atoms with Gasteiger partial charge in [-0.1, -0.05) is 6.42 Å². The molecule has 3 rings (SSSR count). The minimum Gasteiger partial charge on any atom is -0.370 e. The Morgan fingerprint density at radius 2 is 2.07 bits per heavy atom. The average molecular weight is 207 g/mol. The van der Waals surface area contributed by atoms with Gasteiger partial charge in [-0.15, -0.1) is 0 Å². The third-order valence-electron chi connectivity index (χ3n) is 4.31. The summed E-state index contributed by atoms with van der Waals surface area (Å²) in [5.41, 5.74) is 5.83. The van der Waals surface area contributed by atoms with Crippen molar-refractivity contribution in [2.45, 2.75) is 44.6 Å². The fourth-order valence-corrected chi connectivity index (χ4v) is 3.30. The van der Waals surface area contributed by atoms with Gasteiger partial charge in [-0.3, -0.25) is 4.99 Å². The highest BCUT2D eigenvalue weighted by Crippen LogP contribution is 2.48. The summed E-state index contributed by atoms with van der Waals surface area (Å²) >= 11 is 0. The Bertz CT molecular complexity index is 270. The van der Waals surface area contributed by atoms with Crippen LogP contribution in [-0.2, 0) is 0 Å². The van der Waals surface area contributed by atoms with Crippen LogP contribution >= 0.6 is 0 Å². The summed E-state index contributed by atoms with van der Waals surface area (Å²) in [6.45, 7) is 0.965. The first kappa shape index (κ1) is 9.49. The Hall–Kier alpha value is -0.730. The molecule has 0 saturated heterocycles. The predicted octanol–water partition coefficient (Wildman–Crippen LogP) is 1.49. The molecule has 3 fully saturated rings. The highest BCUT2D eigenvalue weighted by molar-refractivity contribution is 5.78. The molecule has 0 spiro atoms. The van der Waals surface area contributed by atoms with Crippen LogP contribution in [0.1, 0.15) is 38.5 Å². The lowest BCUT2D eigenvalue weighted by Gasteiger charge is -2.19. The molecule has 0 amide bonds. The second-order valence-corrected chi connectivity index (χ2v) is 5.58. The minimum absolute atomic E-state index is 0.633. The Balaban J connectivity index is 1.48. The fourth-order valence-electron chi connectivity index (χ4n) is 3.30. The summed E-state index contributed by atoms with van der Waals surface area (Å²) in [5.74, 6) is 3.50. The van der Waals surface area contributed by atoms with Crippen LogP contribution in [0.15, 0.2) is 4.99 Å². The van der Waals surface area contributed by atoms with Crippen LogP contribution in [-0.4, -0.2) is 18.5 Å². The molecule has 3 N–H and O–H groups in total. The maximum atomic E-state index is 5.83. The standard InChI is InChI=1S/C12H21N3/c13-12(15-11-3-4-11)14-7-10-6-8-1-2-9(10)5-8/h8-11H,1-7H2,(H3,13,14,15). The van der Waals surface area contributed by atoms with Crippen molar-refractivity contribution >= 4 is 5.96 Å². The number of rotatable bonds is 3. The summed E-state index contributed by atoms with van der Waals surface area (Å²) in [7, 11) is 0. The van der Waals surface area contributed by atoms with E-state index in [1.165, 1.54) is 38.5 Å². The molecule has 15 heavy (non-hydrogen) atoms. The second-order valence-electron chi connectivity index (χ2n) is 5.58. The molecule has 3 unspecified atom stereocenters. The van der Waals surface area contributed by atoms with Crippen molar-refractivity contribution in [2.75, 3.05) is 6.54 Å². The lowest BCUT2D eigenvalue weighted by Crippen LogP contribution is -2.34. The molecular weight excluding hydrogens is 186 g/mol. The van der Waals surface area contributed by atoms with Crippen molar-refractivity contribution in [1.82, 2.24) is 5.32 Å². The van der Waals surface area contributed by atoms with Gasteiger partial charge in [-0.05, 0) is 49.9 Å². The lowest BCUT2D eigenvalue weighted by atomic mass is 9.89. The minimum atomic E-state index is 0.633. The van der Waals surface area contributed by atoms with Crippen molar-refractivity contribution in [3.63, 3.8) is 0 Å². The van der Waals surface area contributed by atoms with Crippen LogP contribution < -0.4 is 11.1 Å². The van der Waals surface area contributed by atoms with E-state index in [1.54, 1.807) is 0 Å². The molecule has 84 valence electrons. The van der Waals surface area contributed by atoms with E-state index in [0.717, 1.165) is 24.3 Å². The van der Waals surface area contributed by atoms with E-state index in [-0.39, 0.29) is 0 Å². The molecule has 3 aliphatic rings. The van der Waals surface area contributed by atoms with Crippen molar-refractivity contribution in [3.05, 3.63) is 0 Å². The number of aliphatic imine (C=N–C) groups is 1. The van der Waals surface area contributed by atoms with Gasteiger partial charge in [0.15, 0.2) is 5.96 Å².